The molecule has 0 saturated heterocycles. The molecule has 2 rings (SSSR count). The lowest BCUT2D eigenvalue weighted by Gasteiger charge is -2.19. The minimum Gasteiger partial charge on any atom is -0.399 e. The van der Waals surface area contributed by atoms with Crippen LogP contribution in [0, 0.1) is 0 Å². The van der Waals surface area contributed by atoms with Crippen LogP contribution in [-0.4, -0.2) is 26.0 Å². The Morgan fingerprint density at radius 1 is 1.09 bits per heavy atom. The number of carbonyl (C=O) groups excluding carboxylic acids is 1. The third kappa shape index (κ3) is 4.81. The molecule has 3 N–H and O–H groups in total. The summed E-state index contributed by atoms with van der Waals surface area (Å²) in [6.07, 6.45) is 1.98. The number of benzene rings is 2. The molecule has 116 valence electrons. The molecule has 0 saturated carbocycles. The van der Waals surface area contributed by atoms with E-state index >= 15 is 0 Å². The van der Waals surface area contributed by atoms with Crippen molar-refractivity contribution in [2.75, 3.05) is 30.8 Å². The minimum absolute atomic E-state index is 0.0660. The first kappa shape index (κ1) is 15.9. The van der Waals surface area contributed by atoms with Gasteiger partial charge in [0.25, 0.3) is 5.91 Å². The Morgan fingerprint density at radius 3 is 2.59 bits per heavy atom. The maximum Gasteiger partial charge on any atom is 0.251 e. The van der Waals surface area contributed by atoms with Crippen molar-refractivity contribution in [1.29, 1.82) is 0 Å². The van der Waals surface area contributed by atoms with Crippen LogP contribution in [0.2, 0.25) is 0 Å². The molecule has 0 aromatic heterocycles. The largest absolute Gasteiger partial charge is 0.399 e. The zero-order valence-electron chi connectivity index (χ0n) is 13.0. The fourth-order valence-electron chi connectivity index (χ4n) is 2.27. The number of amides is 1. The van der Waals surface area contributed by atoms with Crippen LogP contribution >= 0.6 is 0 Å². The van der Waals surface area contributed by atoms with Gasteiger partial charge in [-0.3, -0.25) is 4.79 Å². The number of rotatable bonds is 7. The van der Waals surface area contributed by atoms with Crippen LogP contribution in [-0.2, 0) is 0 Å². The maximum absolute atomic E-state index is 11.9. The van der Waals surface area contributed by atoms with Crippen molar-refractivity contribution in [3.8, 4) is 0 Å². The lowest BCUT2D eigenvalue weighted by Crippen LogP contribution is -2.25. The minimum atomic E-state index is -0.0660. The molecule has 0 radical (unpaired) electrons. The normalized spacial score (nSPS) is 10.2. The summed E-state index contributed by atoms with van der Waals surface area (Å²) in [5, 5.41) is 2.93. The lowest BCUT2D eigenvalue weighted by molar-refractivity contribution is 0.0953. The molecule has 22 heavy (non-hydrogen) atoms. The molecule has 0 aliphatic rings. The van der Waals surface area contributed by atoms with E-state index in [-0.39, 0.29) is 5.91 Å². The second kappa shape index (κ2) is 8.08. The molecule has 0 aliphatic heterocycles. The predicted octanol–water partition coefficient (Wildman–Crippen LogP) is 2.92. The van der Waals surface area contributed by atoms with Crippen molar-refractivity contribution in [1.82, 2.24) is 5.32 Å². The van der Waals surface area contributed by atoms with Crippen LogP contribution in [0.5, 0.6) is 0 Å². The Kier molecular flexibility index (Phi) is 5.83. The van der Waals surface area contributed by atoms with Gasteiger partial charge in [0.2, 0.25) is 0 Å². The zero-order chi connectivity index (χ0) is 15.8. The van der Waals surface area contributed by atoms with Crippen molar-refractivity contribution < 1.29 is 4.79 Å². The Labute approximate surface area is 131 Å². The summed E-state index contributed by atoms with van der Waals surface area (Å²) in [7, 11) is 2.08. The third-order valence-electron chi connectivity index (χ3n) is 3.55. The van der Waals surface area contributed by atoms with Gasteiger partial charge in [0.15, 0.2) is 0 Å². The van der Waals surface area contributed by atoms with E-state index in [2.05, 4.69) is 29.4 Å². The Balaban J connectivity index is 1.66. The Morgan fingerprint density at radius 2 is 1.86 bits per heavy atom. The lowest BCUT2D eigenvalue weighted by atomic mass is 10.2. The maximum atomic E-state index is 11.9. The highest BCUT2D eigenvalue weighted by Gasteiger charge is 2.05. The molecule has 1 amide bonds. The topological polar surface area (TPSA) is 58.4 Å². The fourth-order valence-corrected chi connectivity index (χ4v) is 2.27. The third-order valence-corrected chi connectivity index (χ3v) is 3.55. The molecule has 4 nitrogen and oxygen atoms in total. The number of unbranched alkanes of at least 4 members (excludes halogenated alkanes) is 1. The SMILES string of the molecule is CN(CCCCNC(=O)c1cccc(N)c1)c1ccccc1. The summed E-state index contributed by atoms with van der Waals surface area (Å²) in [4.78, 5) is 14.2. The number of nitrogens with two attached hydrogens (primary N) is 1. The van der Waals surface area contributed by atoms with Crippen LogP contribution in [0.1, 0.15) is 23.2 Å². The van der Waals surface area contributed by atoms with Gasteiger partial charge in [-0.2, -0.15) is 0 Å². The standard InChI is InChI=1S/C18H23N3O/c1-21(17-10-3-2-4-11-17)13-6-5-12-20-18(22)15-8-7-9-16(19)14-15/h2-4,7-11,14H,5-6,12-13,19H2,1H3,(H,20,22). The van der Waals surface area contributed by atoms with Crippen LogP contribution < -0.4 is 16.0 Å². The predicted molar refractivity (Wildman–Crippen MR) is 92.1 cm³/mol. The number of hydrogen-bond donors (Lipinski definition) is 2. The fraction of sp³-hybridized carbons (Fsp3) is 0.278. The van der Waals surface area contributed by atoms with E-state index in [0.29, 0.717) is 17.8 Å². The molecule has 4 heteroatoms. The van der Waals surface area contributed by atoms with Gasteiger partial charge >= 0.3 is 0 Å². The highest BCUT2D eigenvalue weighted by atomic mass is 16.1. The highest BCUT2D eigenvalue weighted by Crippen LogP contribution is 2.11. The van der Waals surface area contributed by atoms with Gasteiger partial charge in [0.05, 0.1) is 0 Å². The van der Waals surface area contributed by atoms with E-state index in [4.69, 9.17) is 5.73 Å². The first-order chi connectivity index (χ1) is 10.7. The number of hydrogen-bond acceptors (Lipinski definition) is 3. The highest BCUT2D eigenvalue weighted by molar-refractivity contribution is 5.94. The summed E-state index contributed by atoms with van der Waals surface area (Å²) < 4.78 is 0. The van der Waals surface area contributed by atoms with Gasteiger partial charge in [-0.1, -0.05) is 24.3 Å². The zero-order valence-corrected chi connectivity index (χ0v) is 13.0. The molecule has 0 unspecified atom stereocenters. The van der Waals surface area contributed by atoms with E-state index in [1.54, 1.807) is 24.3 Å². The number of anilines is 2. The number of para-hydroxylation sites is 1. The molecule has 0 aliphatic carbocycles. The molecule has 0 atom stereocenters. The van der Waals surface area contributed by atoms with Crippen molar-refractivity contribution in [2.45, 2.75) is 12.8 Å². The quantitative estimate of drug-likeness (QED) is 0.610. The molecule has 2 aromatic carbocycles. The average Bonchev–Trinajstić information content (AvgIpc) is 2.55. The van der Waals surface area contributed by atoms with E-state index in [1.807, 2.05) is 18.2 Å². The summed E-state index contributed by atoms with van der Waals surface area (Å²) in [6, 6.07) is 17.3. The summed E-state index contributed by atoms with van der Waals surface area (Å²) >= 11 is 0. The van der Waals surface area contributed by atoms with Crippen molar-refractivity contribution in [3.63, 3.8) is 0 Å². The molecule has 2 aromatic rings. The van der Waals surface area contributed by atoms with Crippen molar-refractivity contribution >= 4 is 17.3 Å². The molecular formula is C18H23N3O. The van der Waals surface area contributed by atoms with Gasteiger partial charge in [0.1, 0.15) is 0 Å². The number of nitrogen functional groups attached to an aromatic ring is 1. The van der Waals surface area contributed by atoms with E-state index < -0.39 is 0 Å². The van der Waals surface area contributed by atoms with E-state index in [1.165, 1.54) is 5.69 Å². The molecule has 0 fully saturated rings. The van der Waals surface area contributed by atoms with Crippen molar-refractivity contribution in [2.24, 2.45) is 0 Å². The van der Waals surface area contributed by atoms with Crippen LogP contribution in [0.4, 0.5) is 11.4 Å². The second-order valence-electron chi connectivity index (χ2n) is 5.35. The number of carbonyl (C=O) groups is 1. The smallest absolute Gasteiger partial charge is 0.251 e. The molecule has 0 heterocycles. The Hall–Kier alpha value is -2.49. The van der Waals surface area contributed by atoms with Crippen LogP contribution in [0.25, 0.3) is 0 Å². The van der Waals surface area contributed by atoms with Gasteiger partial charge in [0, 0.05) is 37.1 Å². The molecule has 0 bridgehead atoms. The molecular weight excluding hydrogens is 274 g/mol. The summed E-state index contributed by atoms with van der Waals surface area (Å²) in [5.74, 6) is -0.0660. The van der Waals surface area contributed by atoms with E-state index in [0.717, 1.165) is 19.4 Å². The number of nitrogens with one attached hydrogen (secondary N) is 1. The Bertz CT molecular complexity index is 598. The second-order valence-corrected chi connectivity index (χ2v) is 5.35. The van der Waals surface area contributed by atoms with Gasteiger partial charge in [-0.25, -0.2) is 0 Å². The van der Waals surface area contributed by atoms with Gasteiger partial charge in [-0.05, 0) is 43.2 Å². The first-order valence-electron chi connectivity index (χ1n) is 7.57. The molecule has 0 spiro atoms. The van der Waals surface area contributed by atoms with Crippen LogP contribution in [0.15, 0.2) is 54.6 Å². The summed E-state index contributed by atoms with van der Waals surface area (Å²) in [6.45, 7) is 1.65. The first-order valence-corrected chi connectivity index (χ1v) is 7.57. The average molecular weight is 297 g/mol. The van der Waals surface area contributed by atoms with Gasteiger partial charge < -0.3 is 16.0 Å². The van der Waals surface area contributed by atoms with Crippen molar-refractivity contribution in [3.05, 3.63) is 60.2 Å². The monoisotopic (exact) mass is 297 g/mol. The van der Waals surface area contributed by atoms with Gasteiger partial charge in [-0.15, -0.1) is 0 Å². The van der Waals surface area contributed by atoms with E-state index in [9.17, 15) is 4.79 Å². The summed E-state index contributed by atoms with van der Waals surface area (Å²) in [5.41, 5.74) is 8.11. The van der Waals surface area contributed by atoms with Crippen LogP contribution in [0.3, 0.4) is 0 Å². The number of nitrogens with zero attached hydrogens (tertiary/aromatic N) is 1.